The number of benzene rings is 2. The lowest BCUT2D eigenvalue weighted by Crippen LogP contribution is -2.52. The van der Waals surface area contributed by atoms with Crippen molar-refractivity contribution in [1.82, 2.24) is 10.2 Å². The Morgan fingerprint density at radius 3 is 2.63 bits per heavy atom. The van der Waals surface area contributed by atoms with Crippen LogP contribution in [0.5, 0.6) is 0 Å². The molecule has 2 aromatic rings. The van der Waals surface area contributed by atoms with E-state index in [0.29, 0.717) is 18.5 Å². The van der Waals surface area contributed by atoms with Crippen molar-refractivity contribution < 1.29 is 19.2 Å². The van der Waals surface area contributed by atoms with Crippen LogP contribution in [0.25, 0.3) is 0 Å². The second-order valence-electron chi connectivity index (χ2n) is 7.12. The minimum atomic E-state index is -0.647. The molecule has 2 heterocycles. The highest BCUT2D eigenvalue weighted by Crippen LogP contribution is 2.34. The summed E-state index contributed by atoms with van der Waals surface area (Å²) in [6, 6.07) is 12.0. The predicted octanol–water partition coefficient (Wildman–Crippen LogP) is 2.10. The molecular formula is C21H19IN4O4. The van der Waals surface area contributed by atoms with Gasteiger partial charge in [-0.3, -0.25) is 24.5 Å². The van der Waals surface area contributed by atoms with Crippen LogP contribution < -0.4 is 16.0 Å². The van der Waals surface area contributed by atoms with E-state index in [-0.39, 0.29) is 30.7 Å². The zero-order valence-corrected chi connectivity index (χ0v) is 18.1. The first kappa shape index (κ1) is 20.3. The van der Waals surface area contributed by atoms with Crippen molar-refractivity contribution in [3.05, 3.63) is 57.2 Å². The molecular weight excluding hydrogens is 499 g/mol. The van der Waals surface area contributed by atoms with Gasteiger partial charge in [-0.1, -0.05) is 18.2 Å². The van der Waals surface area contributed by atoms with E-state index in [1.54, 1.807) is 12.1 Å². The lowest BCUT2D eigenvalue weighted by atomic mass is 10.0. The average Bonchev–Trinajstić information content (AvgIpc) is 3.05. The quantitative estimate of drug-likeness (QED) is 0.415. The lowest BCUT2D eigenvalue weighted by Gasteiger charge is -2.29. The molecule has 0 radical (unpaired) electrons. The van der Waals surface area contributed by atoms with Crippen molar-refractivity contribution in [3.63, 3.8) is 0 Å². The maximum absolute atomic E-state index is 12.8. The fourth-order valence-electron chi connectivity index (χ4n) is 3.64. The van der Waals surface area contributed by atoms with Crippen LogP contribution in [-0.4, -0.2) is 41.1 Å². The fraction of sp³-hybridized carbons (Fsp3) is 0.238. The Bertz CT molecular complexity index is 1040. The summed E-state index contributed by atoms with van der Waals surface area (Å²) < 4.78 is 0.834. The van der Waals surface area contributed by atoms with Gasteiger partial charge in [0.05, 0.1) is 6.54 Å². The largest absolute Gasteiger partial charge is 0.375 e. The molecule has 2 aromatic carbocycles. The fourth-order valence-corrected chi connectivity index (χ4v) is 4.47. The monoisotopic (exact) mass is 518 g/mol. The van der Waals surface area contributed by atoms with Crippen LogP contribution in [0, 0.1) is 3.57 Å². The van der Waals surface area contributed by atoms with E-state index in [1.165, 1.54) is 4.90 Å². The maximum Gasteiger partial charge on any atom is 0.255 e. The van der Waals surface area contributed by atoms with Crippen LogP contribution in [0.4, 0.5) is 11.4 Å². The van der Waals surface area contributed by atoms with E-state index >= 15 is 0 Å². The number of nitrogens with one attached hydrogen (secondary N) is 3. The minimum absolute atomic E-state index is 0.0779. The molecule has 0 saturated carbocycles. The van der Waals surface area contributed by atoms with Crippen molar-refractivity contribution in [1.29, 1.82) is 0 Å². The van der Waals surface area contributed by atoms with E-state index in [1.807, 2.05) is 30.3 Å². The van der Waals surface area contributed by atoms with E-state index in [2.05, 4.69) is 38.5 Å². The van der Waals surface area contributed by atoms with Gasteiger partial charge in [0.25, 0.3) is 5.91 Å². The van der Waals surface area contributed by atoms with Gasteiger partial charge in [-0.15, -0.1) is 0 Å². The van der Waals surface area contributed by atoms with Gasteiger partial charge in [-0.25, -0.2) is 0 Å². The number of hydrogen-bond acceptors (Lipinski definition) is 5. The highest BCUT2D eigenvalue weighted by atomic mass is 127. The second-order valence-corrected chi connectivity index (χ2v) is 8.20. The maximum atomic E-state index is 12.8. The molecule has 0 aromatic heterocycles. The van der Waals surface area contributed by atoms with E-state index in [9.17, 15) is 19.2 Å². The second kappa shape index (κ2) is 8.42. The number of nitrogens with zero attached hydrogens (tertiary/aromatic N) is 1. The molecule has 1 unspecified atom stereocenters. The standard InChI is InChI=1S/C21H19IN4O4/c22-19-14-11-26(16-8-9-17(27)25-20(16)29)21(30)13(14)6-7-15(19)23-10-18(28)24-12-4-2-1-3-5-12/h1-7,16,23H,8-11H2,(H,24,28)(H,25,27,29). The van der Waals surface area contributed by atoms with Crippen LogP contribution >= 0.6 is 22.6 Å². The van der Waals surface area contributed by atoms with Crippen LogP contribution in [0.1, 0.15) is 28.8 Å². The van der Waals surface area contributed by atoms with Crippen LogP contribution in [0.2, 0.25) is 0 Å². The summed E-state index contributed by atoms with van der Waals surface area (Å²) >= 11 is 2.15. The topological polar surface area (TPSA) is 108 Å². The van der Waals surface area contributed by atoms with Gasteiger partial charge in [-0.2, -0.15) is 0 Å². The van der Waals surface area contributed by atoms with Gasteiger partial charge in [-0.05, 0) is 58.8 Å². The van der Waals surface area contributed by atoms with Crippen molar-refractivity contribution in [2.24, 2.45) is 0 Å². The molecule has 8 nitrogen and oxygen atoms in total. The Hall–Kier alpha value is -2.95. The molecule has 3 N–H and O–H groups in total. The van der Waals surface area contributed by atoms with Gasteiger partial charge in [0.1, 0.15) is 6.04 Å². The van der Waals surface area contributed by atoms with Crippen molar-refractivity contribution in [2.75, 3.05) is 17.2 Å². The molecule has 0 aliphatic carbocycles. The number of carbonyl (C=O) groups is 4. The van der Waals surface area contributed by atoms with Crippen molar-refractivity contribution >= 4 is 57.6 Å². The number of anilines is 2. The number of imide groups is 1. The van der Waals surface area contributed by atoms with Crippen molar-refractivity contribution in [3.8, 4) is 0 Å². The highest BCUT2D eigenvalue weighted by molar-refractivity contribution is 14.1. The average molecular weight is 518 g/mol. The van der Waals surface area contributed by atoms with Gasteiger partial charge in [0.2, 0.25) is 17.7 Å². The zero-order chi connectivity index (χ0) is 21.3. The zero-order valence-electron chi connectivity index (χ0n) is 15.9. The normalized spacial score (nSPS) is 18.1. The number of carbonyl (C=O) groups excluding carboxylic acids is 4. The number of hydrogen-bond donors (Lipinski definition) is 3. The number of para-hydroxylation sites is 1. The summed E-state index contributed by atoms with van der Waals surface area (Å²) in [7, 11) is 0. The van der Waals surface area contributed by atoms with Gasteiger partial charge >= 0.3 is 0 Å². The van der Waals surface area contributed by atoms with Crippen LogP contribution in [0.15, 0.2) is 42.5 Å². The third kappa shape index (κ3) is 4.02. The number of rotatable bonds is 5. The Morgan fingerprint density at radius 2 is 1.90 bits per heavy atom. The van der Waals surface area contributed by atoms with Gasteiger partial charge < -0.3 is 15.5 Å². The summed E-state index contributed by atoms with van der Waals surface area (Å²) in [6.45, 7) is 0.374. The van der Waals surface area contributed by atoms with E-state index in [4.69, 9.17) is 0 Å². The summed E-state index contributed by atoms with van der Waals surface area (Å²) in [4.78, 5) is 50.1. The molecule has 1 saturated heterocycles. The molecule has 2 aliphatic heterocycles. The molecule has 9 heteroatoms. The lowest BCUT2D eigenvalue weighted by molar-refractivity contribution is -0.137. The molecule has 4 rings (SSSR count). The summed E-state index contributed by atoms with van der Waals surface area (Å²) in [6.07, 6.45) is 0.544. The molecule has 4 amide bonds. The van der Waals surface area contributed by atoms with Gasteiger partial charge in [0, 0.05) is 33.5 Å². The Balaban J connectivity index is 1.44. The van der Waals surface area contributed by atoms with Gasteiger partial charge in [0.15, 0.2) is 0 Å². The molecule has 0 bridgehead atoms. The smallest absolute Gasteiger partial charge is 0.255 e. The molecule has 30 heavy (non-hydrogen) atoms. The van der Waals surface area contributed by atoms with Crippen molar-refractivity contribution in [2.45, 2.75) is 25.4 Å². The molecule has 0 spiro atoms. The minimum Gasteiger partial charge on any atom is -0.375 e. The molecule has 1 atom stereocenters. The summed E-state index contributed by atoms with van der Waals surface area (Å²) in [5.74, 6) is -1.14. The van der Waals surface area contributed by atoms with E-state index in [0.717, 1.165) is 20.5 Å². The summed E-state index contributed by atoms with van der Waals surface area (Å²) in [5.41, 5.74) is 2.83. The Kier molecular flexibility index (Phi) is 5.71. The SMILES string of the molecule is O=C1CCC(N2Cc3c(ccc(NCC(=O)Nc4ccccc4)c3I)C2=O)C(=O)N1. The number of amides is 4. The van der Waals surface area contributed by atoms with Crippen LogP contribution in [-0.2, 0) is 20.9 Å². The third-order valence-corrected chi connectivity index (χ3v) is 6.38. The first-order valence-electron chi connectivity index (χ1n) is 9.49. The molecule has 1 fully saturated rings. The Labute approximate surface area is 186 Å². The molecule has 154 valence electrons. The third-order valence-electron chi connectivity index (χ3n) is 5.15. The van der Waals surface area contributed by atoms with Crippen LogP contribution in [0.3, 0.4) is 0 Å². The predicted molar refractivity (Wildman–Crippen MR) is 119 cm³/mol. The Morgan fingerprint density at radius 1 is 1.13 bits per heavy atom. The number of halogens is 1. The number of piperidine rings is 1. The highest BCUT2D eigenvalue weighted by Gasteiger charge is 2.40. The first-order valence-corrected chi connectivity index (χ1v) is 10.6. The van der Waals surface area contributed by atoms with E-state index < -0.39 is 11.9 Å². The molecule has 2 aliphatic rings. The summed E-state index contributed by atoms with van der Waals surface area (Å²) in [5, 5.41) is 8.23. The number of fused-ring (bicyclic) bond motifs is 1. The first-order chi connectivity index (χ1) is 14.4.